The second kappa shape index (κ2) is 12.6. The summed E-state index contributed by atoms with van der Waals surface area (Å²) in [4.78, 5) is 25.2. The maximum Gasteiger partial charge on any atom is 0.471 e. The number of nitrogens with two attached hydrogens (primary N) is 1. The molecule has 0 saturated heterocycles. The van der Waals surface area contributed by atoms with Gasteiger partial charge in [0.2, 0.25) is 5.91 Å². The zero-order valence-corrected chi connectivity index (χ0v) is 18.6. The normalized spacial score (nSPS) is 17.5. The van der Waals surface area contributed by atoms with Crippen molar-refractivity contribution >= 4 is 11.8 Å². The van der Waals surface area contributed by atoms with Crippen molar-refractivity contribution in [3.05, 3.63) is 48.0 Å². The number of hydrogen-bond donors (Lipinski definition) is 2. The van der Waals surface area contributed by atoms with Crippen LogP contribution in [0.5, 0.6) is 0 Å². The first kappa shape index (κ1) is 25.9. The highest BCUT2D eigenvalue weighted by Crippen LogP contribution is 2.26. The smallest absolute Gasteiger partial charge is 0.349 e. The molecule has 178 valence electrons. The lowest BCUT2D eigenvalue weighted by Crippen LogP contribution is -2.47. The second-order valence-electron chi connectivity index (χ2n) is 8.46. The van der Waals surface area contributed by atoms with Crippen LogP contribution < -0.4 is 11.1 Å². The van der Waals surface area contributed by atoms with Crippen LogP contribution in [0.25, 0.3) is 0 Å². The van der Waals surface area contributed by atoms with Gasteiger partial charge in [-0.15, -0.1) is 0 Å². The first-order valence-electron chi connectivity index (χ1n) is 11.3. The molecule has 0 bridgehead atoms. The molecule has 32 heavy (non-hydrogen) atoms. The Hall–Kier alpha value is -2.35. The third-order valence-electron chi connectivity index (χ3n) is 5.77. The zero-order valence-electron chi connectivity index (χ0n) is 18.6. The van der Waals surface area contributed by atoms with Crippen LogP contribution >= 0.6 is 0 Å². The largest absolute Gasteiger partial charge is 0.471 e. The molecule has 5 nitrogen and oxygen atoms in total. The highest BCUT2D eigenvalue weighted by Gasteiger charge is 2.44. The maximum absolute atomic E-state index is 13.2. The van der Waals surface area contributed by atoms with Gasteiger partial charge in [-0.3, -0.25) is 9.59 Å². The summed E-state index contributed by atoms with van der Waals surface area (Å²) in [5.74, 6) is -2.13. The number of nitrogens with zero attached hydrogens (tertiary/aromatic N) is 1. The van der Waals surface area contributed by atoms with E-state index in [1.165, 1.54) is 0 Å². The van der Waals surface area contributed by atoms with Crippen molar-refractivity contribution in [1.29, 1.82) is 0 Å². The molecule has 1 aromatic rings. The van der Waals surface area contributed by atoms with Crippen LogP contribution in [-0.2, 0) is 16.0 Å². The summed E-state index contributed by atoms with van der Waals surface area (Å²) in [6.07, 6.45) is 4.33. The lowest BCUT2D eigenvalue weighted by Gasteiger charge is -2.31. The van der Waals surface area contributed by atoms with E-state index in [0.717, 1.165) is 36.1 Å². The molecule has 1 saturated carbocycles. The molecule has 0 radical (unpaired) electrons. The molecule has 0 heterocycles. The van der Waals surface area contributed by atoms with Gasteiger partial charge in [-0.2, -0.15) is 13.2 Å². The number of nitrogens with one attached hydrogen (secondary N) is 1. The fourth-order valence-corrected chi connectivity index (χ4v) is 3.97. The zero-order chi connectivity index (χ0) is 23.6. The van der Waals surface area contributed by atoms with E-state index < -0.39 is 30.2 Å². The van der Waals surface area contributed by atoms with Crippen molar-refractivity contribution in [1.82, 2.24) is 10.2 Å². The Morgan fingerprint density at radius 3 is 2.34 bits per heavy atom. The maximum atomic E-state index is 13.2. The van der Waals surface area contributed by atoms with Crippen molar-refractivity contribution in [2.45, 2.75) is 82.6 Å². The Balaban J connectivity index is 2.10. The number of carbonyl (C=O) groups is 2. The van der Waals surface area contributed by atoms with Crippen molar-refractivity contribution < 1.29 is 22.8 Å². The van der Waals surface area contributed by atoms with Gasteiger partial charge in [-0.1, -0.05) is 68.2 Å². The Kier molecular flexibility index (Phi) is 10.2. The molecule has 1 aliphatic rings. The quantitative estimate of drug-likeness (QED) is 0.436. The van der Waals surface area contributed by atoms with Crippen LogP contribution in [0.1, 0.15) is 57.4 Å². The van der Waals surface area contributed by atoms with Crippen LogP contribution in [0.4, 0.5) is 13.2 Å². The van der Waals surface area contributed by atoms with Gasteiger partial charge in [0.05, 0.1) is 6.04 Å². The summed E-state index contributed by atoms with van der Waals surface area (Å²) in [5, 5.41) is 2.83. The third kappa shape index (κ3) is 8.65. The molecule has 1 fully saturated rings. The van der Waals surface area contributed by atoms with E-state index in [-0.39, 0.29) is 12.5 Å². The fraction of sp³-hybridized carbons (Fsp3) is 0.583. The summed E-state index contributed by atoms with van der Waals surface area (Å²) in [5.41, 5.74) is 6.75. The van der Waals surface area contributed by atoms with Gasteiger partial charge in [0.1, 0.15) is 0 Å². The van der Waals surface area contributed by atoms with Gasteiger partial charge >= 0.3 is 12.1 Å². The minimum atomic E-state index is -4.91. The Morgan fingerprint density at radius 1 is 1.16 bits per heavy atom. The number of carbonyl (C=O) groups excluding carboxylic acids is 2. The molecule has 2 atom stereocenters. The topological polar surface area (TPSA) is 75.4 Å². The minimum absolute atomic E-state index is 0.140. The minimum Gasteiger partial charge on any atom is -0.349 e. The van der Waals surface area contributed by atoms with Crippen molar-refractivity contribution in [2.75, 3.05) is 6.54 Å². The van der Waals surface area contributed by atoms with Gasteiger partial charge in [0, 0.05) is 18.6 Å². The summed E-state index contributed by atoms with van der Waals surface area (Å²) < 4.78 is 39.7. The summed E-state index contributed by atoms with van der Waals surface area (Å²) in [6, 6.07) is 8.20. The molecule has 0 aliphatic heterocycles. The second-order valence-corrected chi connectivity index (χ2v) is 8.46. The lowest BCUT2D eigenvalue weighted by atomic mass is 10.0. The molecule has 0 spiro atoms. The van der Waals surface area contributed by atoms with E-state index in [1.807, 2.05) is 30.3 Å². The van der Waals surface area contributed by atoms with Gasteiger partial charge in [-0.25, -0.2) is 0 Å². The first-order chi connectivity index (χ1) is 15.2. The number of aryl methyl sites for hydroxylation is 1. The molecule has 3 N–H and O–H groups in total. The Bertz CT molecular complexity index is 743. The molecule has 1 aromatic carbocycles. The number of amides is 2. The molecule has 2 rings (SSSR count). The van der Waals surface area contributed by atoms with E-state index in [0.29, 0.717) is 25.7 Å². The predicted octanol–water partition coefficient (Wildman–Crippen LogP) is 4.12. The third-order valence-corrected chi connectivity index (χ3v) is 5.77. The van der Waals surface area contributed by atoms with Crippen LogP contribution in [-0.4, -0.2) is 47.6 Å². The Morgan fingerprint density at radius 2 is 1.78 bits per heavy atom. The SMILES string of the molecule is C[C@H](N)C(=O)N[C@H](/C=C/CN(C(=O)C(F)(F)F)C1CCCCCC1)CCc1ccccc1. The molecular weight excluding hydrogens is 419 g/mol. The number of halogens is 3. The van der Waals surface area contributed by atoms with Gasteiger partial charge in [0.15, 0.2) is 0 Å². The van der Waals surface area contributed by atoms with E-state index in [2.05, 4.69) is 5.32 Å². The van der Waals surface area contributed by atoms with Gasteiger partial charge < -0.3 is 16.0 Å². The number of rotatable bonds is 9. The number of benzene rings is 1. The lowest BCUT2D eigenvalue weighted by molar-refractivity contribution is -0.187. The van der Waals surface area contributed by atoms with Gasteiger partial charge in [-0.05, 0) is 38.2 Å². The number of alkyl halides is 3. The molecule has 0 unspecified atom stereocenters. The van der Waals surface area contributed by atoms with E-state index in [1.54, 1.807) is 19.1 Å². The highest BCUT2D eigenvalue weighted by molar-refractivity contribution is 5.82. The standard InChI is InChI=1S/C24H34F3N3O2/c1-18(28)22(31)29-20(16-15-19-10-5-4-6-11-19)12-9-17-30(23(32)24(25,26)27)21-13-7-2-3-8-14-21/h4-6,9-12,18,20-21H,2-3,7-8,13-17,28H2,1H3,(H,29,31)/b12-9+/t18-,20+/m0/s1. The highest BCUT2D eigenvalue weighted by atomic mass is 19.4. The molecular formula is C24H34F3N3O2. The number of hydrogen-bond acceptors (Lipinski definition) is 3. The fourth-order valence-electron chi connectivity index (χ4n) is 3.97. The van der Waals surface area contributed by atoms with Crippen molar-refractivity contribution in [2.24, 2.45) is 5.73 Å². The van der Waals surface area contributed by atoms with Crippen LogP contribution in [0.15, 0.2) is 42.5 Å². The van der Waals surface area contributed by atoms with Crippen LogP contribution in [0.3, 0.4) is 0 Å². The summed E-state index contributed by atoms with van der Waals surface area (Å²) >= 11 is 0. The van der Waals surface area contributed by atoms with Crippen molar-refractivity contribution in [3.8, 4) is 0 Å². The van der Waals surface area contributed by atoms with Crippen molar-refractivity contribution in [3.63, 3.8) is 0 Å². The monoisotopic (exact) mass is 453 g/mol. The Labute approximate surface area is 188 Å². The predicted molar refractivity (Wildman–Crippen MR) is 119 cm³/mol. The molecule has 0 aromatic heterocycles. The average molecular weight is 454 g/mol. The summed E-state index contributed by atoms with van der Waals surface area (Å²) in [6.45, 7) is 1.43. The van der Waals surface area contributed by atoms with E-state index in [4.69, 9.17) is 5.73 Å². The van der Waals surface area contributed by atoms with E-state index in [9.17, 15) is 22.8 Å². The first-order valence-corrected chi connectivity index (χ1v) is 11.3. The molecule has 8 heteroatoms. The average Bonchev–Trinajstić information content (AvgIpc) is 3.03. The van der Waals surface area contributed by atoms with Crippen LogP contribution in [0.2, 0.25) is 0 Å². The molecule has 1 aliphatic carbocycles. The van der Waals surface area contributed by atoms with E-state index >= 15 is 0 Å². The molecule has 2 amide bonds. The van der Waals surface area contributed by atoms with Crippen LogP contribution in [0, 0.1) is 0 Å². The van der Waals surface area contributed by atoms with Gasteiger partial charge in [0.25, 0.3) is 0 Å². The summed E-state index contributed by atoms with van der Waals surface area (Å²) in [7, 11) is 0.